The van der Waals surface area contributed by atoms with Gasteiger partial charge in [0.05, 0.1) is 5.69 Å². The Morgan fingerprint density at radius 2 is 1.78 bits per heavy atom. The maximum Gasteiger partial charge on any atom is 0.138 e. The van der Waals surface area contributed by atoms with Crippen LogP contribution in [-0.2, 0) is 19.3 Å². The first-order valence-corrected chi connectivity index (χ1v) is 12.7. The molecule has 0 unspecified atom stereocenters. The third-order valence-electron chi connectivity index (χ3n) is 6.80. The van der Waals surface area contributed by atoms with Gasteiger partial charge in [0.2, 0.25) is 0 Å². The van der Waals surface area contributed by atoms with Gasteiger partial charge in [0.1, 0.15) is 5.75 Å². The van der Waals surface area contributed by atoms with Crippen LogP contribution in [0.1, 0.15) is 62.1 Å². The van der Waals surface area contributed by atoms with Crippen LogP contribution >= 0.6 is 0 Å². The quantitative estimate of drug-likeness (QED) is 0.274. The lowest BCUT2D eigenvalue weighted by molar-refractivity contribution is 0.176. The molecule has 0 saturated heterocycles. The largest absolute Gasteiger partial charge is 0.506 e. The summed E-state index contributed by atoms with van der Waals surface area (Å²) in [7, 11) is 1.88. The normalized spacial score (nSPS) is 15.7. The van der Waals surface area contributed by atoms with Crippen molar-refractivity contribution >= 4 is 5.69 Å². The smallest absolute Gasteiger partial charge is 0.138 e. The summed E-state index contributed by atoms with van der Waals surface area (Å²) < 4.78 is 0. The van der Waals surface area contributed by atoms with Gasteiger partial charge in [0.25, 0.3) is 0 Å². The second-order valence-electron chi connectivity index (χ2n) is 9.22. The lowest BCUT2D eigenvalue weighted by Gasteiger charge is -2.35. The first-order valence-electron chi connectivity index (χ1n) is 12.7. The zero-order valence-electron chi connectivity index (χ0n) is 20.2. The van der Waals surface area contributed by atoms with Gasteiger partial charge in [0.15, 0.2) is 0 Å². The first-order chi connectivity index (χ1) is 15.7. The van der Waals surface area contributed by atoms with Crippen LogP contribution in [0.2, 0.25) is 0 Å². The van der Waals surface area contributed by atoms with Gasteiger partial charge in [-0.2, -0.15) is 0 Å². The monoisotopic (exact) mass is 437 g/mol. The molecule has 0 amide bonds. The molecule has 1 aliphatic carbocycles. The molecule has 0 aromatic heterocycles. The van der Waals surface area contributed by atoms with E-state index in [2.05, 4.69) is 58.9 Å². The molecule has 4 nitrogen and oxygen atoms in total. The van der Waals surface area contributed by atoms with Crippen molar-refractivity contribution in [1.29, 1.82) is 0 Å². The van der Waals surface area contributed by atoms with Crippen LogP contribution in [0.4, 0.5) is 5.69 Å². The molecule has 4 heteroatoms. The number of hydrogen-bond acceptors (Lipinski definition) is 4. The van der Waals surface area contributed by atoms with Crippen LogP contribution in [0.5, 0.6) is 5.75 Å². The van der Waals surface area contributed by atoms with E-state index in [0.29, 0.717) is 11.8 Å². The van der Waals surface area contributed by atoms with E-state index < -0.39 is 0 Å². The predicted octanol–water partition coefficient (Wildman–Crippen LogP) is 5.40. The molecule has 1 aliphatic rings. The Morgan fingerprint density at radius 1 is 0.969 bits per heavy atom. The van der Waals surface area contributed by atoms with Crippen LogP contribution in [0, 0.1) is 0 Å². The molecule has 0 spiro atoms. The van der Waals surface area contributed by atoms with Crippen LogP contribution in [0.15, 0.2) is 42.5 Å². The van der Waals surface area contributed by atoms with Gasteiger partial charge in [-0.3, -0.25) is 0 Å². The second-order valence-corrected chi connectivity index (χ2v) is 9.22. The number of aromatic hydroxyl groups is 1. The number of anilines is 1. The Kier molecular flexibility index (Phi) is 10.4. The summed E-state index contributed by atoms with van der Waals surface area (Å²) in [4.78, 5) is 2.73. The van der Waals surface area contributed by atoms with E-state index in [1.54, 1.807) is 0 Å². The number of hydrogen-bond donors (Lipinski definition) is 3. The standard InChI is InChI=1S/C28H43N3O/c1-3-18-31(26-14-13-24-22-28(32)27(29-2)21-25(24)20-26)19-10-5-4-9-16-30-17-15-23-11-7-6-8-12-23/h6-8,11-12,21-22,26,29-30,32H,3-5,9-10,13-20H2,1-2H3/t26-/m1/s1. The van der Waals surface area contributed by atoms with Crippen molar-refractivity contribution in [1.82, 2.24) is 10.2 Å². The summed E-state index contributed by atoms with van der Waals surface area (Å²) in [6.07, 6.45) is 10.9. The first kappa shape index (κ1) is 24.6. The van der Waals surface area contributed by atoms with E-state index in [1.165, 1.54) is 68.3 Å². The number of phenols is 1. The molecule has 2 aromatic rings. The number of rotatable bonds is 14. The molecule has 1 atom stereocenters. The Morgan fingerprint density at radius 3 is 2.56 bits per heavy atom. The number of unbranched alkanes of at least 4 members (excludes halogenated alkanes) is 3. The van der Waals surface area contributed by atoms with Gasteiger partial charge in [0, 0.05) is 13.1 Å². The molecule has 2 aromatic carbocycles. The second kappa shape index (κ2) is 13.5. The van der Waals surface area contributed by atoms with Crippen molar-refractivity contribution in [2.45, 2.75) is 70.8 Å². The van der Waals surface area contributed by atoms with E-state index in [9.17, 15) is 5.11 Å². The van der Waals surface area contributed by atoms with E-state index >= 15 is 0 Å². The number of aryl methyl sites for hydroxylation is 1. The number of benzene rings is 2. The van der Waals surface area contributed by atoms with Crippen molar-refractivity contribution in [3.63, 3.8) is 0 Å². The van der Waals surface area contributed by atoms with E-state index in [0.717, 1.165) is 38.0 Å². The Labute approximate surface area is 195 Å². The van der Waals surface area contributed by atoms with Gasteiger partial charge >= 0.3 is 0 Å². The molecule has 0 aliphatic heterocycles. The molecule has 0 saturated carbocycles. The molecular formula is C28H43N3O. The molecule has 0 radical (unpaired) electrons. The molecule has 176 valence electrons. The minimum absolute atomic E-state index is 0.379. The highest BCUT2D eigenvalue weighted by molar-refractivity contribution is 5.59. The van der Waals surface area contributed by atoms with Crippen molar-refractivity contribution in [3.05, 3.63) is 59.2 Å². The third kappa shape index (κ3) is 7.53. The van der Waals surface area contributed by atoms with Crippen LogP contribution in [0.25, 0.3) is 0 Å². The van der Waals surface area contributed by atoms with Gasteiger partial charge in [-0.25, -0.2) is 0 Å². The average Bonchev–Trinajstić information content (AvgIpc) is 2.82. The van der Waals surface area contributed by atoms with Crippen LogP contribution < -0.4 is 10.6 Å². The van der Waals surface area contributed by atoms with Gasteiger partial charge < -0.3 is 20.6 Å². The highest BCUT2D eigenvalue weighted by Crippen LogP contribution is 2.33. The summed E-state index contributed by atoms with van der Waals surface area (Å²) in [6, 6.07) is 15.5. The third-order valence-corrected chi connectivity index (χ3v) is 6.80. The highest BCUT2D eigenvalue weighted by atomic mass is 16.3. The highest BCUT2D eigenvalue weighted by Gasteiger charge is 2.24. The maximum absolute atomic E-state index is 10.1. The molecule has 32 heavy (non-hydrogen) atoms. The average molecular weight is 438 g/mol. The Hall–Kier alpha value is -2.04. The SMILES string of the molecule is CCCN(CCCCCCNCCc1ccccc1)[C@@H]1CCc2cc(O)c(NC)cc2C1. The number of nitrogens with one attached hydrogen (secondary N) is 2. The van der Waals surface area contributed by atoms with Gasteiger partial charge in [-0.15, -0.1) is 0 Å². The Balaban J connectivity index is 1.33. The molecule has 0 bridgehead atoms. The molecular weight excluding hydrogens is 394 g/mol. The topological polar surface area (TPSA) is 47.5 Å². The predicted molar refractivity (Wildman–Crippen MR) is 137 cm³/mol. The summed E-state index contributed by atoms with van der Waals surface area (Å²) in [6.45, 7) is 6.91. The van der Waals surface area contributed by atoms with Gasteiger partial charge in [-0.05, 0) is 99.9 Å². The molecule has 3 N–H and O–H groups in total. The minimum Gasteiger partial charge on any atom is -0.506 e. The lowest BCUT2D eigenvalue weighted by Crippen LogP contribution is -2.40. The van der Waals surface area contributed by atoms with Crippen molar-refractivity contribution in [2.75, 3.05) is 38.5 Å². The lowest BCUT2D eigenvalue weighted by atomic mass is 9.86. The summed E-state index contributed by atoms with van der Waals surface area (Å²) in [5, 5.41) is 16.9. The fourth-order valence-electron chi connectivity index (χ4n) is 4.97. The maximum atomic E-state index is 10.1. The van der Waals surface area contributed by atoms with Crippen LogP contribution in [-0.4, -0.2) is 49.3 Å². The van der Waals surface area contributed by atoms with Crippen molar-refractivity contribution in [3.8, 4) is 5.75 Å². The van der Waals surface area contributed by atoms with Crippen molar-refractivity contribution in [2.24, 2.45) is 0 Å². The van der Waals surface area contributed by atoms with Gasteiger partial charge in [-0.1, -0.05) is 50.1 Å². The zero-order chi connectivity index (χ0) is 22.6. The van der Waals surface area contributed by atoms with E-state index in [4.69, 9.17) is 0 Å². The Bertz CT molecular complexity index is 793. The van der Waals surface area contributed by atoms with E-state index in [1.807, 2.05) is 13.1 Å². The minimum atomic E-state index is 0.379. The van der Waals surface area contributed by atoms with Crippen LogP contribution in [0.3, 0.4) is 0 Å². The fraction of sp³-hybridized carbons (Fsp3) is 0.571. The number of phenolic OH excluding ortho intramolecular Hbond substituents is 1. The summed E-state index contributed by atoms with van der Waals surface area (Å²) >= 11 is 0. The fourth-order valence-corrected chi connectivity index (χ4v) is 4.97. The molecule has 3 rings (SSSR count). The zero-order valence-corrected chi connectivity index (χ0v) is 20.2. The number of nitrogens with zero attached hydrogens (tertiary/aromatic N) is 1. The molecule has 0 fully saturated rings. The van der Waals surface area contributed by atoms with E-state index in [-0.39, 0.29) is 0 Å². The summed E-state index contributed by atoms with van der Waals surface area (Å²) in [5.41, 5.74) is 5.00. The number of fused-ring (bicyclic) bond motifs is 1. The summed E-state index contributed by atoms with van der Waals surface area (Å²) in [5.74, 6) is 0.379. The molecule has 0 heterocycles. The van der Waals surface area contributed by atoms with Crippen molar-refractivity contribution < 1.29 is 5.11 Å².